The van der Waals surface area contributed by atoms with Gasteiger partial charge in [-0.2, -0.15) is 4.31 Å². The number of aromatic nitrogens is 1. The number of β-amino-alcohol motifs (C(OH)–C–C–N with tert-alkyl or cyclic N) is 1. The highest BCUT2D eigenvalue weighted by atomic mass is 32.2. The molecule has 0 bridgehead atoms. The van der Waals surface area contributed by atoms with Gasteiger partial charge in [0.15, 0.2) is 5.03 Å². The average Bonchev–Trinajstić information content (AvgIpc) is 2.82. The van der Waals surface area contributed by atoms with Crippen LogP contribution in [-0.2, 0) is 14.8 Å². The standard InChI is InChI=1S/C19H30N4O6S/c1-12(2)10-15(22-19(26)27)18(25)21-14-7-5-9-23(11-16(14)24)30(28,29)17-8-4-6-13(3)20-17/h4,6,8,12,14-16,22,24H,5,7,9-11H2,1-3H3,(H,21,25)(H,26,27)/t14?,15-,16?/m0/s1. The van der Waals surface area contributed by atoms with Crippen molar-refractivity contribution in [1.82, 2.24) is 19.9 Å². The van der Waals surface area contributed by atoms with Crippen LogP contribution in [0.15, 0.2) is 23.2 Å². The number of aliphatic hydroxyl groups is 1. The topological polar surface area (TPSA) is 149 Å². The van der Waals surface area contributed by atoms with Crippen molar-refractivity contribution in [2.45, 2.75) is 63.2 Å². The lowest BCUT2D eigenvalue weighted by molar-refractivity contribution is -0.125. The van der Waals surface area contributed by atoms with E-state index in [1.807, 2.05) is 13.8 Å². The Morgan fingerprint density at radius 1 is 1.33 bits per heavy atom. The number of sulfonamides is 1. The molecule has 2 unspecified atom stereocenters. The second-order valence-corrected chi connectivity index (χ2v) is 9.82. The summed E-state index contributed by atoms with van der Waals surface area (Å²) < 4.78 is 27.0. The number of nitrogens with zero attached hydrogens (tertiary/aromatic N) is 2. The molecule has 4 N–H and O–H groups in total. The summed E-state index contributed by atoms with van der Waals surface area (Å²) in [4.78, 5) is 27.7. The van der Waals surface area contributed by atoms with Crippen molar-refractivity contribution >= 4 is 22.0 Å². The Hall–Kier alpha value is -2.24. The van der Waals surface area contributed by atoms with Gasteiger partial charge in [0.05, 0.1) is 12.1 Å². The fraction of sp³-hybridized carbons (Fsp3) is 0.632. The van der Waals surface area contributed by atoms with Gasteiger partial charge in [-0.05, 0) is 44.2 Å². The monoisotopic (exact) mass is 442 g/mol. The number of carbonyl (C=O) groups excluding carboxylic acids is 1. The second kappa shape index (κ2) is 10.2. The van der Waals surface area contributed by atoms with Crippen LogP contribution < -0.4 is 10.6 Å². The number of aryl methyl sites for hydroxylation is 1. The molecule has 11 heteroatoms. The van der Waals surface area contributed by atoms with Crippen molar-refractivity contribution in [3.63, 3.8) is 0 Å². The van der Waals surface area contributed by atoms with Crippen LogP contribution in [0.2, 0.25) is 0 Å². The number of rotatable bonds is 7. The molecule has 3 atom stereocenters. The summed E-state index contributed by atoms with van der Waals surface area (Å²) in [5.41, 5.74) is 0.568. The number of nitrogens with one attached hydrogen (secondary N) is 2. The maximum absolute atomic E-state index is 12.9. The molecule has 1 aromatic heterocycles. The molecule has 0 spiro atoms. The fourth-order valence-electron chi connectivity index (χ4n) is 3.42. The highest BCUT2D eigenvalue weighted by molar-refractivity contribution is 7.89. The fourth-order valence-corrected chi connectivity index (χ4v) is 4.92. The summed E-state index contributed by atoms with van der Waals surface area (Å²) in [6.07, 6.45) is -1.35. The minimum Gasteiger partial charge on any atom is -0.465 e. The number of hydrogen-bond donors (Lipinski definition) is 4. The van der Waals surface area contributed by atoms with Crippen LogP contribution in [-0.4, -0.2) is 71.2 Å². The van der Waals surface area contributed by atoms with E-state index < -0.39 is 40.2 Å². The first-order valence-corrected chi connectivity index (χ1v) is 11.4. The predicted molar refractivity (Wildman–Crippen MR) is 109 cm³/mol. The van der Waals surface area contributed by atoms with E-state index in [-0.39, 0.29) is 24.0 Å². The van der Waals surface area contributed by atoms with Crippen LogP contribution in [0.4, 0.5) is 4.79 Å². The zero-order valence-corrected chi connectivity index (χ0v) is 18.2. The summed E-state index contributed by atoms with van der Waals surface area (Å²) in [5.74, 6) is -0.457. The van der Waals surface area contributed by atoms with Crippen molar-refractivity contribution < 1.29 is 28.2 Å². The summed E-state index contributed by atoms with van der Waals surface area (Å²) in [5, 5.41) is 24.4. The zero-order valence-electron chi connectivity index (χ0n) is 17.4. The molecule has 0 saturated carbocycles. The van der Waals surface area contributed by atoms with Gasteiger partial charge >= 0.3 is 6.09 Å². The Bertz CT molecular complexity index is 860. The van der Waals surface area contributed by atoms with E-state index in [4.69, 9.17) is 5.11 Å². The van der Waals surface area contributed by atoms with E-state index in [0.717, 1.165) is 0 Å². The molecule has 10 nitrogen and oxygen atoms in total. The molecule has 1 fully saturated rings. The average molecular weight is 443 g/mol. The van der Waals surface area contributed by atoms with Crippen LogP contribution >= 0.6 is 0 Å². The van der Waals surface area contributed by atoms with Gasteiger partial charge in [0.2, 0.25) is 5.91 Å². The van der Waals surface area contributed by atoms with E-state index in [9.17, 15) is 23.1 Å². The van der Waals surface area contributed by atoms with E-state index in [0.29, 0.717) is 25.0 Å². The van der Waals surface area contributed by atoms with Gasteiger partial charge in [0.1, 0.15) is 6.04 Å². The molecule has 2 heterocycles. The van der Waals surface area contributed by atoms with E-state index in [2.05, 4.69) is 15.6 Å². The lowest BCUT2D eigenvalue weighted by Gasteiger charge is -2.27. The van der Waals surface area contributed by atoms with Crippen molar-refractivity contribution in [2.75, 3.05) is 13.1 Å². The maximum Gasteiger partial charge on any atom is 0.405 e. The number of hydrogen-bond acceptors (Lipinski definition) is 6. The molecule has 1 saturated heterocycles. The van der Waals surface area contributed by atoms with Gasteiger partial charge in [0.25, 0.3) is 10.0 Å². The van der Waals surface area contributed by atoms with Gasteiger partial charge in [-0.15, -0.1) is 0 Å². The molecule has 168 valence electrons. The Morgan fingerprint density at radius 3 is 2.63 bits per heavy atom. The Labute approximate surface area is 176 Å². The normalized spacial score (nSPS) is 21.6. The highest BCUT2D eigenvalue weighted by Crippen LogP contribution is 2.20. The van der Waals surface area contributed by atoms with Crippen molar-refractivity contribution in [3.05, 3.63) is 23.9 Å². The second-order valence-electron chi connectivity index (χ2n) is 7.94. The lowest BCUT2D eigenvalue weighted by atomic mass is 10.0. The third kappa shape index (κ3) is 6.38. The lowest BCUT2D eigenvalue weighted by Crippen LogP contribution is -2.53. The molecule has 1 aromatic rings. The third-order valence-corrected chi connectivity index (χ3v) is 6.66. The number of aliphatic hydroxyl groups excluding tert-OH is 1. The van der Waals surface area contributed by atoms with Gasteiger partial charge in [-0.3, -0.25) is 4.79 Å². The molecular formula is C19H30N4O6S. The molecule has 0 radical (unpaired) electrons. The first-order valence-electron chi connectivity index (χ1n) is 9.92. The van der Waals surface area contributed by atoms with Crippen molar-refractivity contribution in [1.29, 1.82) is 0 Å². The van der Waals surface area contributed by atoms with Gasteiger partial charge in [-0.25, -0.2) is 18.2 Å². The van der Waals surface area contributed by atoms with E-state index >= 15 is 0 Å². The molecule has 0 aromatic carbocycles. The maximum atomic E-state index is 12.9. The van der Waals surface area contributed by atoms with E-state index in [1.54, 1.807) is 19.1 Å². The summed E-state index contributed by atoms with van der Waals surface area (Å²) in [6.45, 7) is 5.42. The quantitative estimate of drug-likeness (QED) is 0.486. The smallest absolute Gasteiger partial charge is 0.405 e. The van der Waals surface area contributed by atoms with Gasteiger partial charge in [-0.1, -0.05) is 19.9 Å². The van der Waals surface area contributed by atoms with Crippen LogP contribution in [0, 0.1) is 12.8 Å². The molecule has 1 aliphatic heterocycles. The Balaban J connectivity index is 2.10. The number of pyridine rings is 1. The van der Waals surface area contributed by atoms with Crippen LogP contribution in [0.3, 0.4) is 0 Å². The van der Waals surface area contributed by atoms with E-state index in [1.165, 1.54) is 10.4 Å². The number of amides is 2. The summed E-state index contributed by atoms with van der Waals surface area (Å²) >= 11 is 0. The van der Waals surface area contributed by atoms with Crippen LogP contribution in [0.5, 0.6) is 0 Å². The van der Waals surface area contributed by atoms with Crippen LogP contribution in [0.25, 0.3) is 0 Å². The van der Waals surface area contributed by atoms with Gasteiger partial charge < -0.3 is 20.8 Å². The van der Waals surface area contributed by atoms with Crippen LogP contribution in [0.1, 0.15) is 38.8 Å². The minimum atomic E-state index is -3.88. The van der Waals surface area contributed by atoms with Gasteiger partial charge in [0, 0.05) is 18.8 Å². The van der Waals surface area contributed by atoms with Crippen molar-refractivity contribution in [2.24, 2.45) is 5.92 Å². The largest absolute Gasteiger partial charge is 0.465 e. The predicted octanol–water partition coefficient (Wildman–Crippen LogP) is 0.703. The Kier molecular flexibility index (Phi) is 8.16. The molecule has 2 amide bonds. The number of carboxylic acid groups (broad SMARTS) is 1. The summed E-state index contributed by atoms with van der Waals surface area (Å²) in [6, 6.07) is 3.08. The number of carbonyl (C=O) groups is 2. The SMILES string of the molecule is Cc1cccc(S(=O)(=O)N2CCCC(NC(=O)[C@H](CC(C)C)NC(=O)O)C(O)C2)n1. The first-order chi connectivity index (χ1) is 14.0. The molecular weight excluding hydrogens is 412 g/mol. The molecule has 1 aliphatic rings. The first kappa shape index (κ1) is 24.0. The zero-order chi connectivity index (χ0) is 22.5. The molecule has 0 aliphatic carbocycles. The highest BCUT2D eigenvalue weighted by Gasteiger charge is 2.35. The van der Waals surface area contributed by atoms with Crippen molar-refractivity contribution in [3.8, 4) is 0 Å². The molecule has 30 heavy (non-hydrogen) atoms. The molecule has 2 rings (SSSR count). The minimum absolute atomic E-state index is 0.0779. The Morgan fingerprint density at radius 2 is 2.03 bits per heavy atom. The third-order valence-electron chi connectivity index (χ3n) is 4.89. The summed E-state index contributed by atoms with van der Waals surface area (Å²) in [7, 11) is -3.88.